The van der Waals surface area contributed by atoms with Gasteiger partial charge in [-0.05, 0) is 13.0 Å². The molecule has 4 nitrogen and oxygen atoms in total. The zero-order valence-corrected chi connectivity index (χ0v) is 12.7. The summed E-state index contributed by atoms with van der Waals surface area (Å²) in [6.45, 7) is 2.49. The summed E-state index contributed by atoms with van der Waals surface area (Å²) in [5.41, 5.74) is 1.60. The van der Waals surface area contributed by atoms with Gasteiger partial charge in [0.1, 0.15) is 11.5 Å². The van der Waals surface area contributed by atoms with E-state index in [0.29, 0.717) is 18.0 Å². The van der Waals surface area contributed by atoms with E-state index in [0.717, 1.165) is 10.7 Å². The van der Waals surface area contributed by atoms with Crippen molar-refractivity contribution in [3.8, 4) is 5.88 Å². The van der Waals surface area contributed by atoms with Gasteiger partial charge in [-0.2, -0.15) is 4.98 Å². The van der Waals surface area contributed by atoms with Crippen molar-refractivity contribution in [2.75, 3.05) is 7.11 Å². The largest absolute Gasteiger partial charge is 0.480 e. The molecular weight excluding hydrogens is 289 g/mol. The van der Waals surface area contributed by atoms with E-state index in [4.69, 9.17) is 4.74 Å². The molecule has 0 aliphatic heterocycles. The number of imidazole rings is 1. The second-order valence-electron chi connectivity index (χ2n) is 4.75. The fourth-order valence-corrected chi connectivity index (χ4v) is 3.05. The van der Waals surface area contributed by atoms with Crippen molar-refractivity contribution in [3.05, 3.63) is 52.9 Å². The molecule has 0 bridgehead atoms. The van der Waals surface area contributed by atoms with Crippen molar-refractivity contribution >= 4 is 16.3 Å². The zero-order valence-electron chi connectivity index (χ0n) is 11.8. The molecule has 1 aromatic carbocycles. The smallest absolute Gasteiger partial charge is 0.237 e. The summed E-state index contributed by atoms with van der Waals surface area (Å²) in [4.78, 5) is 5.30. The van der Waals surface area contributed by atoms with Crippen LogP contribution in [-0.2, 0) is 6.54 Å². The number of nitrogens with zero attached hydrogens (tertiary/aromatic N) is 2. The Morgan fingerprint density at radius 3 is 3.00 bits per heavy atom. The SMILES string of the molecule is COc1nc2sccn2c1CNC(C)c1ccccc1F. The maximum atomic E-state index is 13.8. The van der Waals surface area contributed by atoms with Crippen LogP contribution in [0.1, 0.15) is 24.2 Å². The molecule has 0 spiro atoms. The minimum absolute atomic E-state index is 0.0971. The summed E-state index contributed by atoms with van der Waals surface area (Å²) in [5.74, 6) is 0.411. The summed E-state index contributed by atoms with van der Waals surface area (Å²) in [7, 11) is 1.61. The molecule has 6 heteroatoms. The Kier molecular flexibility index (Phi) is 3.90. The van der Waals surface area contributed by atoms with Crippen molar-refractivity contribution in [3.63, 3.8) is 0 Å². The molecular formula is C15H16FN3OS. The standard InChI is InChI=1S/C15H16FN3OS/c1-10(11-5-3-4-6-12(11)16)17-9-13-14(20-2)18-15-19(13)7-8-21-15/h3-8,10,17H,9H2,1-2H3. The van der Waals surface area contributed by atoms with Gasteiger partial charge in [-0.3, -0.25) is 4.40 Å². The van der Waals surface area contributed by atoms with Crippen molar-refractivity contribution < 1.29 is 9.13 Å². The molecule has 0 fully saturated rings. The van der Waals surface area contributed by atoms with Gasteiger partial charge < -0.3 is 10.1 Å². The average Bonchev–Trinajstić information content (AvgIpc) is 3.06. The molecule has 110 valence electrons. The quantitative estimate of drug-likeness (QED) is 0.785. The third-order valence-corrected chi connectivity index (χ3v) is 4.22. The van der Waals surface area contributed by atoms with E-state index < -0.39 is 0 Å². The third kappa shape index (κ3) is 2.64. The third-order valence-electron chi connectivity index (χ3n) is 3.47. The molecule has 2 aromatic heterocycles. The van der Waals surface area contributed by atoms with Gasteiger partial charge in [0.15, 0.2) is 4.96 Å². The Bertz CT molecular complexity index is 752. The Hall–Kier alpha value is -1.92. The van der Waals surface area contributed by atoms with Gasteiger partial charge in [0, 0.05) is 29.7 Å². The predicted octanol–water partition coefficient (Wildman–Crippen LogP) is 3.39. The van der Waals surface area contributed by atoms with Crippen molar-refractivity contribution in [2.45, 2.75) is 19.5 Å². The van der Waals surface area contributed by atoms with Crippen LogP contribution in [0.25, 0.3) is 4.96 Å². The molecule has 1 atom stereocenters. The maximum Gasteiger partial charge on any atom is 0.237 e. The first-order valence-corrected chi connectivity index (χ1v) is 7.55. The van der Waals surface area contributed by atoms with Crippen molar-refractivity contribution in [1.29, 1.82) is 0 Å². The van der Waals surface area contributed by atoms with Gasteiger partial charge in [-0.1, -0.05) is 18.2 Å². The number of hydrogen-bond donors (Lipinski definition) is 1. The first-order valence-electron chi connectivity index (χ1n) is 6.67. The summed E-state index contributed by atoms with van der Waals surface area (Å²) in [6.07, 6.45) is 1.96. The molecule has 3 aromatic rings. The Labute approximate surface area is 126 Å². The normalized spacial score (nSPS) is 12.7. The Balaban J connectivity index is 1.80. The van der Waals surface area contributed by atoms with Gasteiger partial charge in [0.05, 0.1) is 7.11 Å². The van der Waals surface area contributed by atoms with E-state index in [1.54, 1.807) is 30.6 Å². The van der Waals surface area contributed by atoms with Crippen LogP contribution in [0.2, 0.25) is 0 Å². The van der Waals surface area contributed by atoms with E-state index in [2.05, 4.69) is 10.3 Å². The lowest BCUT2D eigenvalue weighted by atomic mass is 10.1. The molecule has 2 heterocycles. The van der Waals surface area contributed by atoms with Gasteiger partial charge in [-0.25, -0.2) is 4.39 Å². The number of ether oxygens (including phenoxy) is 1. The summed E-state index contributed by atoms with van der Waals surface area (Å²) < 4.78 is 21.1. The van der Waals surface area contributed by atoms with Gasteiger partial charge >= 0.3 is 0 Å². The highest BCUT2D eigenvalue weighted by Gasteiger charge is 2.16. The molecule has 21 heavy (non-hydrogen) atoms. The molecule has 0 aliphatic rings. The van der Waals surface area contributed by atoms with Crippen LogP contribution in [0.5, 0.6) is 5.88 Å². The molecule has 0 saturated heterocycles. The van der Waals surface area contributed by atoms with E-state index >= 15 is 0 Å². The second kappa shape index (κ2) is 5.83. The minimum atomic E-state index is -0.196. The fourth-order valence-electron chi connectivity index (χ4n) is 2.32. The van der Waals surface area contributed by atoms with Crippen molar-refractivity contribution in [1.82, 2.24) is 14.7 Å². The first-order chi connectivity index (χ1) is 10.2. The van der Waals surface area contributed by atoms with Crippen LogP contribution >= 0.6 is 11.3 Å². The zero-order chi connectivity index (χ0) is 14.8. The molecule has 0 saturated carbocycles. The highest BCUT2D eigenvalue weighted by Crippen LogP contribution is 2.24. The second-order valence-corrected chi connectivity index (χ2v) is 5.62. The van der Waals surface area contributed by atoms with Crippen LogP contribution in [0, 0.1) is 5.82 Å². The lowest BCUT2D eigenvalue weighted by Crippen LogP contribution is -2.20. The molecule has 1 unspecified atom stereocenters. The Morgan fingerprint density at radius 1 is 1.43 bits per heavy atom. The molecule has 0 amide bonds. The van der Waals surface area contributed by atoms with Crippen molar-refractivity contribution in [2.24, 2.45) is 0 Å². The van der Waals surface area contributed by atoms with Crippen LogP contribution in [0.3, 0.4) is 0 Å². The fraction of sp³-hybridized carbons (Fsp3) is 0.267. The molecule has 3 rings (SSSR count). The lowest BCUT2D eigenvalue weighted by molar-refractivity contribution is 0.391. The number of nitrogens with one attached hydrogen (secondary N) is 1. The maximum absolute atomic E-state index is 13.8. The minimum Gasteiger partial charge on any atom is -0.480 e. The van der Waals surface area contributed by atoms with Crippen LogP contribution in [0.4, 0.5) is 4.39 Å². The van der Waals surface area contributed by atoms with E-state index in [9.17, 15) is 4.39 Å². The van der Waals surface area contributed by atoms with Crippen LogP contribution < -0.4 is 10.1 Å². The number of aromatic nitrogens is 2. The average molecular weight is 305 g/mol. The highest BCUT2D eigenvalue weighted by molar-refractivity contribution is 7.15. The van der Waals surface area contributed by atoms with Gasteiger partial charge in [-0.15, -0.1) is 11.3 Å². The number of thiazole rings is 1. The van der Waals surface area contributed by atoms with Crippen LogP contribution in [-0.4, -0.2) is 16.5 Å². The Morgan fingerprint density at radius 2 is 2.24 bits per heavy atom. The summed E-state index contributed by atoms with van der Waals surface area (Å²) in [6, 6.07) is 6.71. The van der Waals surface area contributed by atoms with E-state index in [-0.39, 0.29) is 11.9 Å². The molecule has 1 N–H and O–H groups in total. The number of hydrogen-bond acceptors (Lipinski definition) is 4. The van der Waals surface area contributed by atoms with Gasteiger partial charge in [0.2, 0.25) is 5.88 Å². The predicted molar refractivity (Wildman–Crippen MR) is 81.3 cm³/mol. The molecule has 0 aliphatic carbocycles. The highest BCUT2D eigenvalue weighted by atomic mass is 32.1. The monoisotopic (exact) mass is 305 g/mol. The number of methoxy groups -OCH3 is 1. The molecule has 0 radical (unpaired) electrons. The van der Waals surface area contributed by atoms with Gasteiger partial charge in [0.25, 0.3) is 0 Å². The first kappa shape index (κ1) is 14.0. The number of halogens is 1. The topological polar surface area (TPSA) is 38.6 Å². The van der Waals surface area contributed by atoms with Crippen LogP contribution in [0.15, 0.2) is 35.8 Å². The van der Waals surface area contributed by atoms with E-state index in [1.165, 1.54) is 6.07 Å². The number of benzene rings is 1. The summed E-state index contributed by atoms with van der Waals surface area (Å²) in [5, 5.41) is 5.30. The lowest BCUT2D eigenvalue weighted by Gasteiger charge is -2.15. The van der Waals surface area contributed by atoms with E-state index in [1.807, 2.05) is 29.0 Å². The number of fused-ring (bicyclic) bond motifs is 1. The summed E-state index contributed by atoms with van der Waals surface area (Å²) >= 11 is 1.55. The number of rotatable bonds is 5.